The number of hydrogen-bond donors (Lipinski definition) is 0. The van der Waals surface area contributed by atoms with Crippen LogP contribution < -0.4 is 0 Å². The van der Waals surface area contributed by atoms with E-state index in [1.807, 2.05) is 0 Å². The van der Waals surface area contributed by atoms with E-state index in [-0.39, 0.29) is 19.2 Å². The van der Waals surface area contributed by atoms with Crippen LogP contribution in [0.5, 0.6) is 0 Å². The van der Waals surface area contributed by atoms with Crippen molar-refractivity contribution in [1.29, 1.82) is 0 Å². The Morgan fingerprint density at radius 1 is 1.88 bits per heavy atom. The zero-order valence-corrected chi connectivity index (χ0v) is 5.49. The van der Waals surface area contributed by atoms with E-state index in [9.17, 15) is 10.1 Å². The molecule has 1 aromatic heterocycles. The van der Waals surface area contributed by atoms with E-state index in [2.05, 4.69) is 4.98 Å². The van der Waals surface area contributed by atoms with Crippen molar-refractivity contribution >= 4 is 19.2 Å². The summed E-state index contributed by atoms with van der Waals surface area (Å²) >= 11 is -0.122. The van der Waals surface area contributed by atoms with Crippen LogP contribution in [0.3, 0.4) is 0 Å². The Labute approximate surface area is 51.1 Å². The molecule has 1 aromatic rings. The maximum atomic E-state index is 9.85. The molecule has 1 heterocycles. The minimum absolute atomic E-state index is 0.0949. The standard InChI is InChI=1S/C3H2N2O2Se/c6-5(7)3-4-1-2-8-3/h1-2H. The van der Waals surface area contributed by atoms with Crippen LogP contribution in [0.4, 0.5) is 4.69 Å². The van der Waals surface area contributed by atoms with Gasteiger partial charge in [-0.25, -0.2) is 0 Å². The molecule has 0 bridgehead atoms. The van der Waals surface area contributed by atoms with Crippen LogP contribution in [0.2, 0.25) is 0 Å². The number of rotatable bonds is 1. The fraction of sp³-hybridized carbons (Fsp3) is 0. The van der Waals surface area contributed by atoms with Gasteiger partial charge in [-0.05, 0) is 0 Å². The van der Waals surface area contributed by atoms with Gasteiger partial charge in [0.05, 0.1) is 0 Å². The predicted molar refractivity (Wildman–Crippen MR) is 27.8 cm³/mol. The number of aromatic nitrogens is 1. The molecule has 1 rings (SSSR count). The second-order valence-corrected chi connectivity index (χ2v) is 2.90. The first-order valence-electron chi connectivity index (χ1n) is 1.84. The van der Waals surface area contributed by atoms with E-state index < -0.39 is 4.92 Å². The monoisotopic (exact) mass is 178 g/mol. The van der Waals surface area contributed by atoms with Crippen molar-refractivity contribution in [3.8, 4) is 0 Å². The molecule has 0 saturated heterocycles. The molecule has 0 unspecified atom stereocenters. The second-order valence-electron chi connectivity index (χ2n) is 1.07. The Morgan fingerprint density at radius 3 is 2.88 bits per heavy atom. The van der Waals surface area contributed by atoms with Crippen molar-refractivity contribution < 1.29 is 4.92 Å². The topological polar surface area (TPSA) is 56.0 Å². The Balaban J connectivity index is 2.93. The summed E-state index contributed by atoms with van der Waals surface area (Å²) in [5.41, 5.74) is 0. The molecule has 0 fully saturated rings. The molecule has 0 aliphatic heterocycles. The summed E-state index contributed by atoms with van der Waals surface area (Å²) in [5, 5.41) is 9.85. The third-order valence-corrected chi connectivity index (χ3v) is 2.09. The zero-order valence-electron chi connectivity index (χ0n) is 3.77. The van der Waals surface area contributed by atoms with Crippen molar-refractivity contribution in [2.75, 3.05) is 0 Å². The fourth-order valence-corrected chi connectivity index (χ4v) is 1.25. The van der Waals surface area contributed by atoms with Crippen LogP contribution in [0, 0.1) is 10.1 Å². The molecule has 5 heteroatoms. The van der Waals surface area contributed by atoms with E-state index in [1.165, 1.54) is 6.20 Å². The van der Waals surface area contributed by atoms with Gasteiger partial charge in [0, 0.05) is 0 Å². The average Bonchev–Trinajstić information content (AvgIpc) is 2.12. The first-order valence-corrected chi connectivity index (χ1v) is 3.69. The van der Waals surface area contributed by atoms with Gasteiger partial charge < -0.3 is 0 Å². The normalized spacial score (nSPS) is 9.00. The zero-order chi connectivity index (χ0) is 5.98. The quantitative estimate of drug-likeness (QED) is 0.346. The van der Waals surface area contributed by atoms with Gasteiger partial charge in [-0.2, -0.15) is 0 Å². The van der Waals surface area contributed by atoms with Crippen molar-refractivity contribution in [3.05, 3.63) is 21.3 Å². The van der Waals surface area contributed by atoms with Gasteiger partial charge in [0.2, 0.25) is 0 Å². The SMILES string of the molecule is O=[N+]([O-])c1ncc[se]1. The van der Waals surface area contributed by atoms with Crippen molar-refractivity contribution in [2.45, 2.75) is 0 Å². The van der Waals surface area contributed by atoms with E-state index in [1.54, 1.807) is 4.94 Å². The summed E-state index contributed by atoms with van der Waals surface area (Å²) in [7, 11) is 0. The molecule has 0 radical (unpaired) electrons. The van der Waals surface area contributed by atoms with Crippen LogP contribution in [0.15, 0.2) is 11.1 Å². The predicted octanol–water partition coefficient (Wildman–Crippen LogP) is 0.0468. The van der Waals surface area contributed by atoms with Crippen LogP contribution in [0.25, 0.3) is 0 Å². The number of nitro groups is 1. The molecule has 0 N–H and O–H groups in total. The molecule has 8 heavy (non-hydrogen) atoms. The van der Waals surface area contributed by atoms with Gasteiger partial charge in [-0.3, -0.25) is 0 Å². The first kappa shape index (κ1) is 5.47. The van der Waals surface area contributed by atoms with Gasteiger partial charge in [0.1, 0.15) is 0 Å². The average molecular weight is 177 g/mol. The van der Waals surface area contributed by atoms with Gasteiger partial charge >= 0.3 is 50.4 Å². The molecular formula is C3H2N2O2Se. The molecular weight excluding hydrogens is 175 g/mol. The van der Waals surface area contributed by atoms with E-state index in [4.69, 9.17) is 0 Å². The first-order chi connectivity index (χ1) is 3.80. The Hall–Kier alpha value is -0.671. The Morgan fingerprint density at radius 2 is 2.62 bits per heavy atom. The third kappa shape index (κ3) is 0.936. The number of nitrogens with zero attached hydrogens (tertiary/aromatic N) is 2. The molecule has 0 aromatic carbocycles. The molecule has 0 atom stereocenters. The van der Waals surface area contributed by atoms with Crippen LogP contribution in [-0.4, -0.2) is 24.4 Å². The Bertz CT molecular complexity index is 183. The van der Waals surface area contributed by atoms with Crippen LogP contribution >= 0.6 is 0 Å². The fourth-order valence-electron chi connectivity index (χ4n) is 0.306. The molecule has 0 amide bonds. The maximum absolute atomic E-state index is 9.85. The van der Waals surface area contributed by atoms with Crippen molar-refractivity contribution in [3.63, 3.8) is 0 Å². The summed E-state index contributed by atoms with van der Waals surface area (Å²) in [5.74, 6) is 0. The summed E-state index contributed by atoms with van der Waals surface area (Å²) in [6, 6.07) is 0. The minimum atomic E-state index is -0.444. The molecule has 4 nitrogen and oxygen atoms in total. The van der Waals surface area contributed by atoms with Gasteiger partial charge in [-0.1, -0.05) is 0 Å². The molecule has 0 aliphatic rings. The van der Waals surface area contributed by atoms with E-state index in [0.29, 0.717) is 0 Å². The summed E-state index contributed by atoms with van der Waals surface area (Å²) < 4.78 is 0.0949. The Kier molecular flexibility index (Phi) is 1.41. The molecule has 42 valence electrons. The summed E-state index contributed by atoms with van der Waals surface area (Å²) in [6.07, 6.45) is 1.47. The van der Waals surface area contributed by atoms with E-state index >= 15 is 0 Å². The summed E-state index contributed by atoms with van der Waals surface area (Å²) in [6.45, 7) is 0. The third-order valence-electron chi connectivity index (χ3n) is 0.575. The van der Waals surface area contributed by atoms with Gasteiger partial charge in [-0.15, -0.1) is 0 Å². The molecule has 0 aliphatic carbocycles. The van der Waals surface area contributed by atoms with Gasteiger partial charge in [0.15, 0.2) is 0 Å². The van der Waals surface area contributed by atoms with Crippen molar-refractivity contribution in [2.24, 2.45) is 0 Å². The van der Waals surface area contributed by atoms with Crippen LogP contribution in [0.1, 0.15) is 0 Å². The van der Waals surface area contributed by atoms with Gasteiger partial charge in [0.25, 0.3) is 0 Å². The van der Waals surface area contributed by atoms with Crippen molar-refractivity contribution in [1.82, 2.24) is 4.98 Å². The number of hydrogen-bond acceptors (Lipinski definition) is 3. The summed E-state index contributed by atoms with van der Waals surface area (Å²) in [4.78, 5) is 14.6. The molecule has 0 spiro atoms. The van der Waals surface area contributed by atoms with E-state index in [0.717, 1.165) is 0 Å². The second kappa shape index (κ2) is 2.07. The van der Waals surface area contributed by atoms with Crippen LogP contribution in [-0.2, 0) is 0 Å². The molecule has 0 saturated carbocycles.